The van der Waals surface area contributed by atoms with E-state index in [1.165, 1.54) is 25.3 Å². The summed E-state index contributed by atoms with van der Waals surface area (Å²) in [4.78, 5) is 21.8. The van der Waals surface area contributed by atoms with E-state index in [9.17, 15) is 14.9 Å². The number of benzene rings is 1. The van der Waals surface area contributed by atoms with E-state index < -0.39 is 10.9 Å². The number of nitrogens with zero attached hydrogens (tertiary/aromatic N) is 3. The Morgan fingerprint density at radius 1 is 1.43 bits per heavy atom. The third-order valence-corrected chi connectivity index (χ3v) is 2.50. The molecular formula is C12H11N3O6. The van der Waals surface area contributed by atoms with Crippen LogP contribution in [0.3, 0.4) is 0 Å². The predicted octanol–water partition coefficient (Wildman–Crippen LogP) is 1.65. The highest BCUT2D eigenvalue weighted by atomic mass is 16.6. The molecule has 0 atom stereocenters. The fraction of sp³-hybridized carbons (Fsp3) is 0.250. The molecule has 9 heteroatoms. The van der Waals surface area contributed by atoms with Crippen molar-refractivity contribution in [3.8, 4) is 5.75 Å². The molecule has 0 fully saturated rings. The Bertz CT molecular complexity index is 681. The predicted molar refractivity (Wildman–Crippen MR) is 67.8 cm³/mol. The van der Waals surface area contributed by atoms with Crippen LogP contribution in [0.1, 0.15) is 22.1 Å². The summed E-state index contributed by atoms with van der Waals surface area (Å²) in [6.07, 6.45) is 0. The van der Waals surface area contributed by atoms with Gasteiger partial charge in [0, 0.05) is 19.1 Å². The van der Waals surface area contributed by atoms with E-state index in [0.29, 0.717) is 5.89 Å². The van der Waals surface area contributed by atoms with Crippen molar-refractivity contribution >= 4 is 11.7 Å². The van der Waals surface area contributed by atoms with E-state index in [1.54, 1.807) is 6.92 Å². The number of hydrogen-bond donors (Lipinski definition) is 0. The van der Waals surface area contributed by atoms with Gasteiger partial charge in [-0.15, -0.1) is 10.2 Å². The van der Waals surface area contributed by atoms with Gasteiger partial charge in [0.05, 0.1) is 17.6 Å². The first-order valence-electron chi connectivity index (χ1n) is 5.80. The molecule has 1 heterocycles. The number of carbonyl (C=O) groups excluding carboxylic acids is 1. The molecule has 0 aliphatic heterocycles. The minimum atomic E-state index is -0.622. The Balaban J connectivity index is 2.25. The van der Waals surface area contributed by atoms with Gasteiger partial charge in [-0.1, -0.05) is 0 Å². The summed E-state index contributed by atoms with van der Waals surface area (Å²) in [7, 11) is 1.21. The van der Waals surface area contributed by atoms with Crippen LogP contribution in [0, 0.1) is 17.0 Å². The molecule has 21 heavy (non-hydrogen) atoms. The van der Waals surface area contributed by atoms with Gasteiger partial charge in [-0.05, 0) is 6.07 Å². The van der Waals surface area contributed by atoms with Crippen molar-refractivity contribution < 1.29 is 23.6 Å². The smallest absolute Gasteiger partial charge is 0.337 e. The van der Waals surface area contributed by atoms with Gasteiger partial charge >= 0.3 is 11.7 Å². The molecule has 0 spiro atoms. The van der Waals surface area contributed by atoms with Crippen molar-refractivity contribution in [1.82, 2.24) is 10.2 Å². The molecule has 0 unspecified atom stereocenters. The van der Waals surface area contributed by atoms with Crippen LogP contribution in [0.5, 0.6) is 5.75 Å². The van der Waals surface area contributed by atoms with E-state index in [2.05, 4.69) is 14.9 Å². The lowest BCUT2D eigenvalue weighted by atomic mass is 10.2. The van der Waals surface area contributed by atoms with Crippen molar-refractivity contribution in [2.45, 2.75) is 13.5 Å². The standard InChI is InChI=1S/C12H11N3O6/c1-7-13-14-11(21-7)6-20-10-5-8(12(16)19-2)3-4-9(10)15(17)18/h3-5H,6H2,1-2H3. The number of methoxy groups -OCH3 is 1. The number of esters is 1. The Labute approximate surface area is 118 Å². The highest BCUT2D eigenvalue weighted by Crippen LogP contribution is 2.29. The second kappa shape index (κ2) is 5.99. The van der Waals surface area contributed by atoms with Gasteiger partial charge in [0.2, 0.25) is 5.89 Å². The molecule has 9 nitrogen and oxygen atoms in total. The van der Waals surface area contributed by atoms with Crippen molar-refractivity contribution in [3.05, 3.63) is 45.7 Å². The first kappa shape index (κ1) is 14.4. The molecule has 0 saturated carbocycles. The van der Waals surface area contributed by atoms with Crippen LogP contribution in [0.25, 0.3) is 0 Å². The minimum Gasteiger partial charge on any atom is -0.477 e. The highest BCUT2D eigenvalue weighted by Gasteiger charge is 2.19. The fourth-order valence-corrected chi connectivity index (χ4v) is 1.56. The van der Waals surface area contributed by atoms with Crippen LogP contribution in [-0.2, 0) is 11.3 Å². The number of rotatable bonds is 5. The summed E-state index contributed by atoms with van der Waals surface area (Å²) in [6.45, 7) is 1.46. The van der Waals surface area contributed by atoms with Gasteiger partial charge in [-0.2, -0.15) is 0 Å². The minimum absolute atomic E-state index is 0.0845. The van der Waals surface area contributed by atoms with Crippen LogP contribution >= 0.6 is 0 Å². The second-order valence-corrected chi connectivity index (χ2v) is 3.93. The van der Waals surface area contributed by atoms with Crippen LogP contribution in [0.4, 0.5) is 5.69 Å². The van der Waals surface area contributed by atoms with Crippen LogP contribution < -0.4 is 4.74 Å². The lowest BCUT2D eigenvalue weighted by Crippen LogP contribution is -2.04. The average molecular weight is 293 g/mol. The summed E-state index contributed by atoms with van der Waals surface area (Å²) in [5, 5.41) is 18.3. The molecule has 110 valence electrons. The van der Waals surface area contributed by atoms with Crippen LogP contribution in [0.2, 0.25) is 0 Å². The van der Waals surface area contributed by atoms with E-state index in [4.69, 9.17) is 9.15 Å². The number of nitro benzene ring substituents is 1. The molecule has 1 aromatic carbocycles. The topological polar surface area (TPSA) is 118 Å². The highest BCUT2D eigenvalue weighted by molar-refractivity contribution is 5.90. The molecular weight excluding hydrogens is 282 g/mol. The van der Waals surface area contributed by atoms with Gasteiger partial charge in [0.1, 0.15) is 0 Å². The zero-order chi connectivity index (χ0) is 15.4. The first-order chi connectivity index (χ1) is 10.0. The lowest BCUT2D eigenvalue weighted by molar-refractivity contribution is -0.386. The number of hydrogen-bond acceptors (Lipinski definition) is 8. The normalized spacial score (nSPS) is 10.2. The zero-order valence-electron chi connectivity index (χ0n) is 11.2. The molecule has 0 amide bonds. The molecule has 0 aliphatic rings. The summed E-state index contributed by atoms with van der Waals surface area (Å²) in [5.74, 6) is -0.182. The largest absolute Gasteiger partial charge is 0.477 e. The van der Waals surface area contributed by atoms with Crippen molar-refractivity contribution in [1.29, 1.82) is 0 Å². The molecule has 2 aromatic rings. The maximum atomic E-state index is 11.4. The van der Waals surface area contributed by atoms with Gasteiger partial charge in [-0.3, -0.25) is 10.1 Å². The van der Waals surface area contributed by atoms with Gasteiger partial charge in [-0.25, -0.2) is 4.79 Å². The molecule has 0 bridgehead atoms. The van der Waals surface area contributed by atoms with E-state index in [1.807, 2.05) is 0 Å². The number of nitro groups is 1. The van der Waals surface area contributed by atoms with Crippen molar-refractivity contribution in [2.24, 2.45) is 0 Å². The molecule has 0 N–H and O–H groups in total. The summed E-state index contributed by atoms with van der Waals surface area (Å²) >= 11 is 0. The SMILES string of the molecule is COC(=O)c1ccc([N+](=O)[O-])c(OCc2nnc(C)o2)c1. The van der Waals surface area contributed by atoms with Crippen molar-refractivity contribution in [3.63, 3.8) is 0 Å². The number of ether oxygens (including phenoxy) is 2. The molecule has 2 rings (SSSR count). The quantitative estimate of drug-likeness (QED) is 0.464. The molecule has 0 aliphatic carbocycles. The fourth-order valence-electron chi connectivity index (χ4n) is 1.56. The Kier molecular flexibility index (Phi) is 4.12. The van der Waals surface area contributed by atoms with Gasteiger partial charge < -0.3 is 13.9 Å². The molecule has 0 saturated heterocycles. The maximum absolute atomic E-state index is 11.4. The molecule has 1 aromatic heterocycles. The maximum Gasteiger partial charge on any atom is 0.337 e. The Hall–Kier alpha value is -2.97. The van der Waals surface area contributed by atoms with E-state index >= 15 is 0 Å². The third-order valence-electron chi connectivity index (χ3n) is 2.50. The Morgan fingerprint density at radius 2 is 2.19 bits per heavy atom. The third kappa shape index (κ3) is 3.32. The van der Waals surface area contributed by atoms with Crippen molar-refractivity contribution in [2.75, 3.05) is 7.11 Å². The van der Waals surface area contributed by atoms with Gasteiger partial charge in [0.25, 0.3) is 5.89 Å². The monoisotopic (exact) mass is 293 g/mol. The lowest BCUT2D eigenvalue weighted by Gasteiger charge is -2.06. The summed E-state index contributed by atoms with van der Waals surface area (Å²) in [6, 6.07) is 3.68. The summed E-state index contributed by atoms with van der Waals surface area (Å²) in [5.41, 5.74) is -0.140. The Morgan fingerprint density at radius 3 is 2.76 bits per heavy atom. The summed E-state index contributed by atoms with van der Waals surface area (Å²) < 4.78 is 14.9. The number of carbonyl (C=O) groups is 1. The average Bonchev–Trinajstić information content (AvgIpc) is 2.89. The number of aromatic nitrogens is 2. The second-order valence-electron chi connectivity index (χ2n) is 3.93. The van der Waals surface area contributed by atoms with Gasteiger partial charge in [0.15, 0.2) is 12.4 Å². The molecule has 0 radical (unpaired) electrons. The van der Waals surface area contributed by atoms with E-state index in [0.717, 1.165) is 0 Å². The van der Waals surface area contributed by atoms with Crippen LogP contribution in [0.15, 0.2) is 22.6 Å². The van der Waals surface area contributed by atoms with E-state index in [-0.39, 0.29) is 29.5 Å². The number of aryl methyl sites for hydroxylation is 1. The zero-order valence-corrected chi connectivity index (χ0v) is 11.2. The van der Waals surface area contributed by atoms with Crippen LogP contribution in [-0.4, -0.2) is 28.2 Å². The first-order valence-corrected chi connectivity index (χ1v) is 5.80.